The smallest absolute Gasteiger partial charge is 0.351 e. The first-order valence-electron chi connectivity index (χ1n) is 8.37. The van der Waals surface area contributed by atoms with E-state index in [4.69, 9.17) is 0 Å². The number of unbranched alkanes of at least 4 members (excludes halogenated alkanes) is 2. The molecule has 0 aliphatic heterocycles. The average molecular weight is 366 g/mol. The molecule has 2 rings (SSSR count). The highest BCUT2D eigenvalue weighted by Gasteiger charge is 2.30. The van der Waals surface area contributed by atoms with Crippen LogP contribution in [-0.4, -0.2) is 22.4 Å². The van der Waals surface area contributed by atoms with Crippen molar-refractivity contribution in [2.75, 3.05) is 11.9 Å². The monoisotopic (exact) mass is 366 g/mol. The lowest BCUT2D eigenvalue weighted by Crippen LogP contribution is -2.26. The number of benzene rings is 1. The van der Waals surface area contributed by atoms with Gasteiger partial charge in [-0.05, 0) is 37.6 Å². The Bertz CT molecular complexity index is 762. The largest absolute Gasteiger partial charge is 0.416 e. The highest BCUT2D eigenvalue weighted by molar-refractivity contribution is 5.92. The zero-order chi connectivity index (χ0) is 19.2. The molecule has 2 aromatic rings. The van der Waals surface area contributed by atoms with E-state index in [9.17, 15) is 18.0 Å². The van der Waals surface area contributed by atoms with Crippen molar-refractivity contribution in [3.63, 3.8) is 0 Å². The summed E-state index contributed by atoms with van der Waals surface area (Å²) >= 11 is 0. The van der Waals surface area contributed by atoms with Gasteiger partial charge in [0.2, 0.25) is 5.95 Å². The Morgan fingerprint density at radius 1 is 1.15 bits per heavy atom. The van der Waals surface area contributed by atoms with Gasteiger partial charge in [0.1, 0.15) is 5.69 Å². The van der Waals surface area contributed by atoms with E-state index in [0.717, 1.165) is 31.4 Å². The second-order valence-corrected chi connectivity index (χ2v) is 5.88. The molecule has 0 saturated carbocycles. The number of carbonyl (C=O) groups is 1. The third-order valence-corrected chi connectivity index (χ3v) is 3.60. The van der Waals surface area contributed by atoms with E-state index in [1.54, 1.807) is 6.92 Å². The van der Waals surface area contributed by atoms with Crippen LogP contribution in [0.1, 0.15) is 47.9 Å². The first-order valence-corrected chi connectivity index (χ1v) is 8.37. The summed E-state index contributed by atoms with van der Waals surface area (Å²) in [7, 11) is 0. The van der Waals surface area contributed by atoms with Crippen LogP contribution < -0.4 is 10.6 Å². The molecule has 8 heteroatoms. The first-order chi connectivity index (χ1) is 12.3. The van der Waals surface area contributed by atoms with Crippen molar-refractivity contribution in [2.45, 2.75) is 39.3 Å². The number of rotatable bonds is 7. The van der Waals surface area contributed by atoms with Gasteiger partial charge in [0, 0.05) is 17.9 Å². The molecule has 0 spiro atoms. The fourth-order valence-electron chi connectivity index (χ4n) is 2.31. The molecular weight excluding hydrogens is 345 g/mol. The minimum absolute atomic E-state index is 0.0723. The normalized spacial score (nSPS) is 11.3. The number of aromatic nitrogens is 2. The van der Waals surface area contributed by atoms with Gasteiger partial charge in [0.25, 0.3) is 5.91 Å². The van der Waals surface area contributed by atoms with Crippen LogP contribution in [0.15, 0.2) is 30.3 Å². The number of carbonyl (C=O) groups excluding carboxylic acids is 1. The van der Waals surface area contributed by atoms with Gasteiger partial charge < -0.3 is 10.6 Å². The van der Waals surface area contributed by atoms with Gasteiger partial charge in [-0.25, -0.2) is 9.97 Å². The molecule has 140 valence electrons. The van der Waals surface area contributed by atoms with Crippen LogP contribution in [-0.2, 0) is 6.18 Å². The van der Waals surface area contributed by atoms with E-state index in [1.165, 1.54) is 18.2 Å². The van der Waals surface area contributed by atoms with E-state index in [-0.39, 0.29) is 23.2 Å². The van der Waals surface area contributed by atoms with E-state index in [1.807, 2.05) is 0 Å². The van der Waals surface area contributed by atoms with Crippen LogP contribution >= 0.6 is 0 Å². The maximum Gasteiger partial charge on any atom is 0.416 e. The molecular formula is C18H21F3N4O. The predicted molar refractivity (Wildman–Crippen MR) is 93.4 cm³/mol. The maximum atomic E-state index is 12.8. The molecule has 5 nitrogen and oxygen atoms in total. The molecule has 0 fully saturated rings. The van der Waals surface area contributed by atoms with E-state index in [2.05, 4.69) is 27.5 Å². The molecule has 0 radical (unpaired) electrons. The molecule has 0 atom stereocenters. The van der Waals surface area contributed by atoms with Crippen molar-refractivity contribution in [1.29, 1.82) is 0 Å². The zero-order valence-electron chi connectivity index (χ0n) is 14.7. The number of nitrogens with one attached hydrogen (secondary N) is 2. The van der Waals surface area contributed by atoms with Gasteiger partial charge in [-0.15, -0.1) is 0 Å². The van der Waals surface area contributed by atoms with Gasteiger partial charge in [-0.3, -0.25) is 4.79 Å². The molecule has 1 aromatic heterocycles. The van der Waals surface area contributed by atoms with Gasteiger partial charge >= 0.3 is 6.18 Å². The molecule has 2 N–H and O–H groups in total. The lowest BCUT2D eigenvalue weighted by molar-refractivity contribution is -0.137. The molecule has 0 saturated heterocycles. The number of anilines is 2. The van der Waals surface area contributed by atoms with Crippen LogP contribution in [0.2, 0.25) is 0 Å². The summed E-state index contributed by atoms with van der Waals surface area (Å²) in [5.74, 6) is -0.262. The van der Waals surface area contributed by atoms with Gasteiger partial charge in [-0.1, -0.05) is 25.8 Å². The minimum Gasteiger partial charge on any atom is -0.351 e. The molecule has 0 aliphatic carbocycles. The Morgan fingerprint density at radius 2 is 1.92 bits per heavy atom. The van der Waals surface area contributed by atoms with E-state index >= 15 is 0 Å². The Labute approximate surface area is 150 Å². The van der Waals surface area contributed by atoms with Crippen LogP contribution in [0.25, 0.3) is 0 Å². The number of halogens is 3. The van der Waals surface area contributed by atoms with Gasteiger partial charge in [0.05, 0.1) is 5.56 Å². The topological polar surface area (TPSA) is 66.9 Å². The highest BCUT2D eigenvalue weighted by Crippen LogP contribution is 2.31. The molecule has 1 amide bonds. The number of nitrogens with zero attached hydrogens (tertiary/aromatic N) is 2. The Hall–Kier alpha value is -2.64. The van der Waals surface area contributed by atoms with Crippen LogP contribution in [0.5, 0.6) is 0 Å². The van der Waals surface area contributed by atoms with Crippen molar-refractivity contribution < 1.29 is 18.0 Å². The zero-order valence-corrected chi connectivity index (χ0v) is 14.7. The number of hydrogen-bond donors (Lipinski definition) is 2. The summed E-state index contributed by atoms with van der Waals surface area (Å²) < 4.78 is 38.4. The van der Waals surface area contributed by atoms with Crippen LogP contribution in [0, 0.1) is 6.92 Å². The molecule has 0 unspecified atom stereocenters. The van der Waals surface area contributed by atoms with Crippen LogP contribution in [0.4, 0.5) is 24.8 Å². The van der Waals surface area contributed by atoms with E-state index < -0.39 is 11.7 Å². The lowest BCUT2D eigenvalue weighted by Gasteiger charge is -2.11. The SMILES string of the molecule is CCCCCNC(=O)c1cc(C)nc(Nc2cccc(C(F)(F)F)c2)n1. The second kappa shape index (κ2) is 8.64. The van der Waals surface area contributed by atoms with Crippen LogP contribution in [0.3, 0.4) is 0 Å². The Balaban J connectivity index is 2.13. The Kier molecular flexibility index (Phi) is 6.54. The molecule has 0 bridgehead atoms. The molecule has 0 aliphatic rings. The quantitative estimate of drug-likeness (QED) is 0.710. The molecule has 1 aromatic carbocycles. The third-order valence-electron chi connectivity index (χ3n) is 3.60. The number of alkyl halides is 3. The van der Waals surface area contributed by atoms with Crippen molar-refractivity contribution in [2.24, 2.45) is 0 Å². The Morgan fingerprint density at radius 3 is 2.62 bits per heavy atom. The van der Waals surface area contributed by atoms with E-state index in [0.29, 0.717) is 12.2 Å². The summed E-state index contributed by atoms with van der Waals surface area (Å²) in [4.78, 5) is 20.4. The summed E-state index contributed by atoms with van der Waals surface area (Å²) in [6, 6.07) is 6.26. The average Bonchev–Trinajstić information content (AvgIpc) is 2.57. The maximum absolute atomic E-state index is 12.8. The fraction of sp³-hybridized carbons (Fsp3) is 0.389. The van der Waals surface area contributed by atoms with Crippen molar-refractivity contribution >= 4 is 17.5 Å². The minimum atomic E-state index is -4.44. The number of hydrogen-bond acceptors (Lipinski definition) is 4. The summed E-state index contributed by atoms with van der Waals surface area (Å²) in [5.41, 5.74) is 0.125. The summed E-state index contributed by atoms with van der Waals surface area (Å²) in [5, 5.41) is 5.50. The number of aryl methyl sites for hydroxylation is 1. The second-order valence-electron chi connectivity index (χ2n) is 5.88. The van der Waals surface area contributed by atoms with Crippen molar-refractivity contribution in [1.82, 2.24) is 15.3 Å². The van der Waals surface area contributed by atoms with Gasteiger partial charge in [-0.2, -0.15) is 13.2 Å². The molecule has 1 heterocycles. The highest BCUT2D eigenvalue weighted by atomic mass is 19.4. The lowest BCUT2D eigenvalue weighted by atomic mass is 10.2. The standard InChI is InChI=1S/C18H21F3N4O/c1-3-4-5-9-22-16(26)15-10-12(2)23-17(25-15)24-14-8-6-7-13(11-14)18(19,20)21/h6-8,10-11H,3-5,9H2,1-2H3,(H,22,26)(H,23,24,25). The summed E-state index contributed by atoms with van der Waals surface area (Å²) in [6.45, 7) is 4.31. The molecule has 26 heavy (non-hydrogen) atoms. The fourth-order valence-corrected chi connectivity index (χ4v) is 2.31. The third kappa shape index (κ3) is 5.72. The van der Waals surface area contributed by atoms with Crippen molar-refractivity contribution in [3.8, 4) is 0 Å². The summed E-state index contributed by atoms with van der Waals surface area (Å²) in [6.07, 6.45) is -1.49. The number of amides is 1. The van der Waals surface area contributed by atoms with Gasteiger partial charge in [0.15, 0.2) is 0 Å². The van der Waals surface area contributed by atoms with Crippen molar-refractivity contribution in [3.05, 3.63) is 47.3 Å². The predicted octanol–water partition coefficient (Wildman–Crippen LogP) is 4.47. The first kappa shape index (κ1) is 19.7.